The fraction of sp³-hybridized carbons (Fsp3) is 0.353. The Labute approximate surface area is 134 Å². The van der Waals surface area contributed by atoms with Gasteiger partial charge in [0, 0.05) is 17.8 Å². The summed E-state index contributed by atoms with van der Waals surface area (Å²) in [5.41, 5.74) is 2.87. The summed E-state index contributed by atoms with van der Waals surface area (Å²) in [5, 5.41) is 9.29. The number of carbonyl (C=O) groups excluding carboxylic acids is 1. The molecule has 1 amide bonds. The summed E-state index contributed by atoms with van der Waals surface area (Å²) >= 11 is 0. The van der Waals surface area contributed by atoms with E-state index < -0.39 is 0 Å². The minimum Gasteiger partial charge on any atom is -0.491 e. The van der Waals surface area contributed by atoms with Crippen molar-refractivity contribution in [2.24, 2.45) is 0 Å². The molecule has 0 saturated heterocycles. The van der Waals surface area contributed by atoms with Crippen molar-refractivity contribution in [2.75, 3.05) is 13.2 Å². The van der Waals surface area contributed by atoms with Crippen molar-refractivity contribution >= 4 is 5.91 Å². The average Bonchev–Trinajstić information content (AvgIpc) is 2.74. The van der Waals surface area contributed by atoms with Crippen molar-refractivity contribution in [3.8, 4) is 5.75 Å². The van der Waals surface area contributed by atoms with Crippen LogP contribution in [0.5, 0.6) is 5.75 Å². The fourth-order valence-corrected chi connectivity index (χ4v) is 2.71. The number of aliphatic hydroxyl groups is 1. The van der Waals surface area contributed by atoms with Crippen LogP contribution in [0, 0.1) is 13.8 Å². The Morgan fingerprint density at radius 1 is 1.30 bits per heavy atom. The molecule has 0 atom stereocenters. The predicted molar refractivity (Wildman–Crippen MR) is 84.1 cm³/mol. The first-order valence-electron chi connectivity index (χ1n) is 7.54. The van der Waals surface area contributed by atoms with Crippen molar-refractivity contribution in [3.63, 3.8) is 0 Å². The summed E-state index contributed by atoms with van der Waals surface area (Å²) in [4.78, 5) is 22.9. The molecule has 0 bridgehead atoms. The second-order valence-electron chi connectivity index (χ2n) is 5.62. The molecule has 0 saturated carbocycles. The zero-order valence-corrected chi connectivity index (χ0v) is 13.2. The van der Waals surface area contributed by atoms with Gasteiger partial charge < -0.3 is 14.7 Å². The molecule has 6 heteroatoms. The number of fused-ring (bicyclic) bond motifs is 1. The first-order chi connectivity index (χ1) is 11.1. The monoisotopic (exact) mass is 313 g/mol. The number of hydrogen-bond acceptors (Lipinski definition) is 5. The van der Waals surface area contributed by atoms with E-state index in [1.165, 1.54) is 0 Å². The van der Waals surface area contributed by atoms with Crippen molar-refractivity contribution in [3.05, 3.63) is 52.6 Å². The molecular formula is C17H19N3O3. The Morgan fingerprint density at radius 2 is 2.13 bits per heavy atom. The number of hydrogen-bond donors (Lipinski definition) is 1. The SMILES string of the molecule is Cc1cc(C(=O)N2CCOc3ccc(CO)cc3C2)nc(C)n1. The van der Waals surface area contributed by atoms with E-state index >= 15 is 0 Å². The number of aryl methyl sites for hydroxylation is 2. The molecule has 6 nitrogen and oxygen atoms in total. The Balaban J connectivity index is 1.89. The van der Waals surface area contributed by atoms with Gasteiger partial charge in [-0.15, -0.1) is 0 Å². The van der Waals surface area contributed by atoms with Crippen LogP contribution in [0.4, 0.5) is 0 Å². The largest absolute Gasteiger partial charge is 0.491 e. The third-order valence-electron chi connectivity index (χ3n) is 3.76. The number of carbonyl (C=O) groups is 1. The molecular weight excluding hydrogens is 294 g/mol. The number of nitrogens with zero attached hydrogens (tertiary/aromatic N) is 3. The van der Waals surface area contributed by atoms with E-state index in [1.54, 1.807) is 17.9 Å². The zero-order chi connectivity index (χ0) is 16.4. The summed E-state index contributed by atoms with van der Waals surface area (Å²) in [6.45, 7) is 4.94. The lowest BCUT2D eigenvalue weighted by Crippen LogP contribution is -2.33. The van der Waals surface area contributed by atoms with E-state index in [9.17, 15) is 9.90 Å². The highest BCUT2D eigenvalue weighted by atomic mass is 16.5. The second kappa shape index (κ2) is 6.34. The van der Waals surface area contributed by atoms with Gasteiger partial charge in [-0.1, -0.05) is 6.07 Å². The number of rotatable bonds is 2. The van der Waals surface area contributed by atoms with Gasteiger partial charge in [-0.05, 0) is 37.6 Å². The van der Waals surface area contributed by atoms with Gasteiger partial charge in [-0.2, -0.15) is 0 Å². The topological polar surface area (TPSA) is 75.6 Å². The van der Waals surface area contributed by atoms with Crippen LogP contribution in [0.1, 0.15) is 33.1 Å². The van der Waals surface area contributed by atoms with Crippen LogP contribution in [0.15, 0.2) is 24.3 Å². The van der Waals surface area contributed by atoms with Crippen molar-refractivity contribution < 1.29 is 14.6 Å². The molecule has 2 aromatic rings. The molecule has 0 unspecified atom stereocenters. The number of amides is 1. The van der Waals surface area contributed by atoms with Crippen LogP contribution in [-0.2, 0) is 13.2 Å². The maximum Gasteiger partial charge on any atom is 0.273 e. The predicted octanol–water partition coefficient (Wildman–Crippen LogP) is 1.62. The molecule has 1 aromatic carbocycles. The fourth-order valence-electron chi connectivity index (χ4n) is 2.71. The van der Waals surface area contributed by atoms with Gasteiger partial charge in [-0.3, -0.25) is 4.79 Å². The summed E-state index contributed by atoms with van der Waals surface area (Å²) in [7, 11) is 0. The van der Waals surface area contributed by atoms with Gasteiger partial charge in [0.1, 0.15) is 23.9 Å². The quantitative estimate of drug-likeness (QED) is 0.912. The zero-order valence-electron chi connectivity index (χ0n) is 13.2. The summed E-state index contributed by atoms with van der Waals surface area (Å²) in [5.74, 6) is 1.21. The summed E-state index contributed by atoms with van der Waals surface area (Å²) < 4.78 is 5.70. The molecule has 0 spiro atoms. The molecule has 0 aliphatic carbocycles. The van der Waals surface area contributed by atoms with E-state index in [4.69, 9.17) is 4.74 Å². The molecule has 1 aliphatic rings. The van der Waals surface area contributed by atoms with E-state index in [0.717, 1.165) is 22.6 Å². The van der Waals surface area contributed by atoms with Crippen LogP contribution in [0.2, 0.25) is 0 Å². The highest BCUT2D eigenvalue weighted by Crippen LogP contribution is 2.25. The van der Waals surface area contributed by atoms with Crippen molar-refractivity contribution in [1.29, 1.82) is 0 Å². The van der Waals surface area contributed by atoms with Gasteiger partial charge in [0.2, 0.25) is 0 Å². The first kappa shape index (κ1) is 15.4. The molecule has 2 heterocycles. The van der Waals surface area contributed by atoms with E-state index in [1.807, 2.05) is 25.1 Å². The lowest BCUT2D eigenvalue weighted by Gasteiger charge is -2.19. The summed E-state index contributed by atoms with van der Waals surface area (Å²) in [6, 6.07) is 7.24. The van der Waals surface area contributed by atoms with Gasteiger partial charge >= 0.3 is 0 Å². The molecule has 23 heavy (non-hydrogen) atoms. The number of benzene rings is 1. The van der Waals surface area contributed by atoms with Gasteiger partial charge in [0.15, 0.2) is 0 Å². The summed E-state index contributed by atoms with van der Waals surface area (Å²) in [6.07, 6.45) is 0. The average molecular weight is 313 g/mol. The van der Waals surface area contributed by atoms with Gasteiger partial charge in [-0.25, -0.2) is 9.97 Å². The molecule has 120 valence electrons. The minimum atomic E-state index is -0.135. The van der Waals surface area contributed by atoms with Crippen LogP contribution in [0.3, 0.4) is 0 Å². The molecule has 3 rings (SSSR count). The number of aliphatic hydroxyl groups excluding tert-OH is 1. The van der Waals surface area contributed by atoms with Gasteiger partial charge in [0.05, 0.1) is 13.2 Å². The number of aromatic nitrogens is 2. The maximum absolute atomic E-state index is 12.8. The molecule has 0 radical (unpaired) electrons. The Hall–Kier alpha value is -2.47. The third kappa shape index (κ3) is 3.32. The standard InChI is InChI=1S/C17H19N3O3/c1-11-7-15(19-12(2)18-11)17(22)20-5-6-23-16-4-3-13(10-21)8-14(16)9-20/h3-4,7-8,21H,5-6,9-10H2,1-2H3. The highest BCUT2D eigenvalue weighted by molar-refractivity contribution is 5.92. The Kier molecular flexibility index (Phi) is 4.25. The lowest BCUT2D eigenvalue weighted by atomic mass is 10.1. The first-order valence-corrected chi connectivity index (χ1v) is 7.54. The van der Waals surface area contributed by atoms with Crippen LogP contribution < -0.4 is 4.74 Å². The molecule has 1 aromatic heterocycles. The molecule has 1 N–H and O–H groups in total. The van der Waals surface area contributed by atoms with Crippen LogP contribution in [0.25, 0.3) is 0 Å². The van der Waals surface area contributed by atoms with E-state index in [2.05, 4.69) is 9.97 Å². The van der Waals surface area contributed by atoms with E-state index in [-0.39, 0.29) is 12.5 Å². The lowest BCUT2D eigenvalue weighted by molar-refractivity contribution is 0.0726. The molecule has 1 aliphatic heterocycles. The Bertz CT molecular complexity index is 726. The van der Waals surface area contributed by atoms with Gasteiger partial charge in [0.25, 0.3) is 5.91 Å². The number of ether oxygens (including phenoxy) is 1. The minimum absolute atomic E-state index is 0.0362. The second-order valence-corrected chi connectivity index (χ2v) is 5.62. The van der Waals surface area contributed by atoms with Crippen molar-refractivity contribution in [1.82, 2.24) is 14.9 Å². The Morgan fingerprint density at radius 3 is 2.87 bits per heavy atom. The normalized spacial score (nSPS) is 14.0. The smallest absolute Gasteiger partial charge is 0.273 e. The molecule has 0 fully saturated rings. The maximum atomic E-state index is 12.8. The van der Waals surface area contributed by atoms with Crippen LogP contribution in [-0.4, -0.2) is 39.0 Å². The van der Waals surface area contributed by atoms with Crippen molar-refractivity contribution in [2.45, 2.75) is 27.0 Å². The van der Waals surface area contributed by atoms with Crippen LogP contribution >= 0.6 is 0 Å². The highest BCUT2D eigenvalue weighted by Gasteiger charge is 2.22. The van der Waals surface area contributed by atoms with E-state index in [0.29, 0.717) is 31.2 Å². The third-order valence-corrected chi connectivity index (χ3v) is 3.76.